The molecule has 23 heavy (non-hydrogen) atoms. The van der Waals surface area contributed by atoms with Crippen LogP contribution < -0.4 is 5.32 Å². The molecule has 0 bridgehead atoms. The average molecular weight is 327 g/mol. The Hall–Kier alpha value is -2.92. The maximum absolute atomic E-state index is 12.5. The number of nitrogens with zero attached hydrogens (tertiary/aromatic N) is 1. The fourth-order valence-corrected chi connectivity index (χ4v) is 2.64. The van der Waals surface area contributed by atoms with Crippen LogP contribution in [0.4, 0.5) is 11.4 Å². The lowest BCUT2D eigenvalue weighted by atomic mass is 10.0. The summed E-state index contributed by atoms with van der Waals surface area (Å²) >= 11 is 6.14. The molecule has 0 spiro atoms. The van der Waals surface area contributed by atoms with Crippen LogP contribution in [0.1, 0.15) is 10.4 Å². The minimum Gasteiger partial charge on any atom is -0.316 e. The number of para-hydroxylation sites is 2. The molecule has 0 aliphatic rings. The van der Waals surface area contributed by atoms with Crippen LogP contribution in [-0.4, -0.2) is 10.8 Å². The second-order valence-corrected chi connectivity index (χ2v) is 5.28. The summed E-state index contributed by atoms with van der Waals surface area (Å²) in [5, 5.41) is 15.6. The molecule has 0 unspecified atom stereocenters. The Kier molecular flexibility index (Phi) is 3.95. The van der Waals surface area contributed by atoms with Crippen LogP contribution in [0.25, 0.3) is 10.8 Å². The molecule has 3 rings (SSSR count). The fraction of sp³-hybridized carbons (Fsp3) is 0. The molecular formula is C17H11ClN2O3. The average Bonchev–Trinajstić information content (AvgIpc) is 2.55. The molecule has 1 amide bonds. The zero-order valence-corrected chi connectivity index (χ0v) is 12.6. The molecule has 0 aromatic heterocycles. The molecule has 0 atom stereocenters. The van der Waals surface area contributed by atoms with Crippen molar-refractivity contribution in [3.8, 4) is 0 Å². The lowest BCUT2D eigenvalue weighted by molar-refractivity contribution is -0.383. The molecule has 0 aliphatic heterocycles. The van der Waals surface area contributed by atoms with E-state index in [1.165, 1.54) is 12.1 Å². The van der Waals surface area contributed by atoms with Gasteiger partial charge in [0.25, 0.3) is 11.6 Å². The van der Waals surface area contributed by atoms with Gasteiger partial charge in [0.1, 0.15) is 5.69 Å². The minimum absolute atomic E-state index is 0.154. The maximum atomic E-state index is 12.5. The van der Waals surface area contributed by atoms with Crippen LogP contribution in [-0.2, 0) is 0 Å². The van der Waals surface area contributed by atoms with Crippen molar-refractivity contribution in [2.45, 2.75) is 0 Å². The van der Waals surface area contributed by atoms with Gasteiger partial charge >= 0.3 is 0 Å². The van der Waals surface area contributed by atoms with Gasteiger partial charge in [0.15, 0.2) is 0 Å². The molecule has 0 saturated carbocycles. The first-order valence-corrected chi connectivity index (χ1v) is 7.18. The highest BCUT2D eigenvalue weighted by Crippen LogP contribution is 2.28. The first kappa shape index (κ1) is 15.0. The SMILES string of the molecule is O=C(Nc1ccccc1[N+](=O)[O-])c1cccc2c(Cl)cccc12. The van der Waals surface area contributed by atoms with E-state index in [0.717, 1.165) is 5.39 Å². The topological polar surface area (TPSA) is 72.2 Å². The molecule has 5 nitrogen and oxygen atoms in total. The van der Waals surface area contributed by atoms with Crippen LogP contribution >= 0.6 is 11.6 Å². The van der Waals surface area contributed by atoms with Crippen LogP contribution in [0.15, 0.2) is 60.7 Å². The molecule has 3 aromatic rings. The Labute approximate surface area is 136 Å². The molecule has 3 aromatic carbocycles. The number of carbonyl (C=O) groups is 1. The molecule has 0 radical (unpaired) electrons. The number of hydrogen-bond acceptors (Lipinski definition) is 3. The number of benzene rings is 3. The second-order valence-electron chi connectivity index (χ2n) is 4.87. The fourth-order valence-electron chi connectivity index (χ4n) is 2.40. The summed E-state index contributed by atoms with van der Waals surface area (Å²) in [5.41, 5.74) is 0.406. The van der Waals surface area contributed by atoms with E-state index >= 15 is 0 Å². The lowest BCUT2D eigenvalue weighted by Crippen LogP contribution is -2.13. The van der Waals surface area contributed by atoms with E-state index in [1.807, 2.05) is 6.07 Å². The number of amides is 1. The molecule has 1 N–H and O–H groups in total. The quantitative estimate of drug-likeness (QED) is 0.562. The molecule has 0 heterocycles. The van der Waals surface area contributed by atoms with Gasteiger partial charge in [-0.3, -0.25) is 14.9 Å². The summed E-state index contributed by atoms with van der Waals surface area (Å²) in [4.78, 5) is 23.0. The van der Waals surface area contributed by atoms with Gasteiger partial charge in [-0.25, -0.2) is 0 Å². The molecular weight excluding hydrogens is 316 g/mol. The van der Waals surface area contributed by atoms with Gasteiger partial charge in [-0.2, -0.15) is 0 Å². The summed E-state index contributed by atoms with van der Waals surface area (Å²) in [6, 6.07) is 16.5. The number of hydrogen-bond donors (Lipinski definition) is 1. The summed E-state index contributed by atoms with van der Waals surface area (Å²) in [6.07, 6.45) is 0. The highest BCUT2D eigenvalue weighted by Gasteiger charge is 2.17. The van der Waals surface area contributed by atoms with E-state index in [0.29, 0.717) is 16.0 Å². The number of anilines is 1. The van der Waals surface area contributed by atoms with E-state index in [-0.39, 0.29) is 11.4 Å². The monoisotopic (exact) mass is 326 g/mol. The Morgan fingerprint density at radius 2 is 1.65 bits per heavy atom. The minimum atomic E-state index is -0.532. The van der Waals surface area contributed by atoms with Crippen molar-refractivity contribution in [2.24, 2.45) is 0 Å². The van der Waals surface area contributed by atoms with Crippen molar-refractivity contribution in [3.63, 3.8) is 0 Å². The number of nitro benzene ring substituents is 1. The Balaban J connectivity index is 2.03. The van der Waals surface area contributed by atoms with E-state index in [1.54, 1.807) is 42.5 Å². The van der Waals surface area contributed by atoms with Crippen LogP contribution in [0.5, 0.6) is 0 Å². The van der Waals surface area contributed by atoms with Crippen LogP contribution in [0.3, 0.4) is 0 Å². The zero-order chi connectivity index (χ0) is 16.4. The number of fused-ring (bicyclic) bond motifs is 1. The van der Waals surface area contributed by atoms with Crippen molar-refractivity contribution < 1.29 is 9.72 Å². The number of halogens is 1. The summed E-state index contributed by atoms with van der Waals surface area (Å²) in [5.74, 6) is -0.424. The smallest absolute Gasteiger partial charge is 0.292 e. The standard InChI is InChI=1S/C17H11ClN2O3/c18-14-8-4-5-11-12(14)6-3-7-13(11)17(21)19-15-9-1-2-10-16(15)20(22)23/h1-10H,(H,19,21). The molecule has 114 valence electrons. The van der Waals surface area contributed by atoms with Gasteiger partial charge in [-0.15, -0.1) is 0 Å². The third-order valence-electron chi connectivity index (χ3n) is 3.46. The second kappa shape index (κ2) is 6.06. The number of carbonyl (C=O) groups excluding carboxylic acids is 1. The van der Waals surface area contributed by atoms with Gasteiger partial charge in [-0.1, -0.05) is 48.0 Å². The molecule has 0 fully saturated rings. The van der Waals surface area contributed by atoms with E-state index < -0.39 is 10.8 Å². The predicted molar refractivity (Wildman–Crippen MR) is 90.0 cm³/mol. The summed E-state index contributed by atoms with van der Waals surface area (Å²) in [6.45, 7) is 0. The largest absolute Gasteiger partial charge is 0.316 e. The summed E-state index contributed by atoms with van der Waals surface area (Å²) in [7, 11) is 0. The zero-order valence-electron chi connectivity index (χ0n) is 11.8. The molecule has 0 aliphatic carbocycles. The number of rotatable bonds is 3. The van der Waals surface area contributed by atoms with Crippen molar-refractivity contribution in [1.82, 2.24) is 0 Å². The van der Waals surface area contributed by atoms with Crippen molar-refractivity contribution in [2.75, 3.05) is 5.32 Å². The predicted octanol–water partition coefficient (Wildman–Crippen LogP) is 4.65. The number of nitro groups is 1. The normalized spacial score (nSPS) is 10.5. The Morgan fingerprint density at radius 3 is 2.43 bits per heavy atom. The van der Waals surface area contributed by atoms with Gasteiger partial charge in [0.2, 0.25) is 0 Å². The van der Waals surface area contributed by atoms with Gasteiger partial charge in [0, 0.05) is 22.0 Å². The lowest BCUT2D eigenvalue weighted by Gasteiger charge is -2.09. The van der Waals surface area contributed by atoms with Gasteiger partial charge in [-0.05, 0) is 23.6 Å². The van der Waals surface area contributed by atoms with Crippen LogP contribution in [0.2, 0.25) is 5.02 Å². The first-order valence-electron chi connectivity index (χ1n) is 6.80. The van der Waals surface area contributed by atoms with Crippen molar-refractivity contribution in [3.05, 3.63) is 81.4 Å². The van der Waals surface area contributed by atoms with Crippen LogP contribution in [0, 0.1) is 10.1 Å². The van der Waals surface area contributed by atoms with E-state index in [2.05, 4.69) is 5.32 Å². The Bertz CT molecular complexity index is 925. The third kappa shape index (κ3) is 2.86. The first-order chi connectivity index (χ1) is 11.1. The van der Waals surface area contributed by atoms with Gasteiger partial charge in [0.05, 0.1) is 4.92 Å². The molecule has 0 saturated heterocycles. The maximum Gasteiger partial charge on any atom is 0.292 e. The van der Waals surface area contributed by atoms with E-state index in [4.69, 9.17) is 11.6 Å². The Morgan fingerprint density at radius 1 is 0.957 bits per heavy atom. The van der Waals surface area contributed by atoms with E-state index in [9.17, 15) is 14.9 Å². The van der Waals surface area contributed by atoms with Crippen molar-refractivity contribution in [1.29, 1.82) is 0 Å². The highest BCUT2D eigenvalue weighted by atomic mass is 35.5. The third-order valence-corrected chi connectivity index (χ3v) is 3.79. The summed E-state index contributed by atoms with van der Waals surface area (Å²) < 4.78 is 0. The van der Waals surface area contributed by atoms with Crippen molar-refractivity contribution >= 4 is 39.7 Å². The highest BCUT2D eigenvalue weighted by molar-refractivity contribution is 6.36. The molecule has 6 heteroatoms. The van der Waals surface area contributed by atoms with Gasteiger partial charge < -0.3 is 5.32 Å². The number of nitrogens with one attached hydrogen (secondary N) is 1.